The van der Waals surface area contributed by atoms with Gasteiger partial charge in [-0.3, -0.25) is 4.79 Å². The Labute approximate surface area is 190 Å². The molecule has 0 saturated heterocycles. The summed E-state index contributed by atoms with van der Waals surface area (Å²) >= 11 is 11.9. The second-order valence-electron chi connectivity index (χ2n) is 6.98. The molecule has 154 valence electrons. The van der Waals surface area contributed by atoms with E-state index in [1.54, 1.807) is 30.3 Å². The minimum atomic E-state index is -0.296. The molecular formula is C25H19Cl2N3O. The second kappa shape index (κ2) is 9.21. The SMILES string of the molecule is Cc1ccc(-c2ccccc2)n1-c1ccc(C(=O)N/N=C/c2ccc(Cl)c(Cl)c2)cc1. The van der Waals surface area contributed by atoms with Gasteiger partial charge in [-0.15, -0.1) is 0 Å². The van der Waals surface area contributed by atoms with Crippen LogP contribution in [0.25, 0.3) is 16.9 Å². The van der Waals surface area contributed by atoms with Crippen molar-refractivity contribution in [3.05, 3.63) is 112 Å². The van der Waals surface area contributed by atoms with Gasteiger partial charge in [0.2, 0.25) is 0 Å². The predicted octanol–water partition coefficient (Wildman–Crippen LogP) is 6.52. The summed E-state index contributed by atoms with van der Waals surface area (Å²) in [5, 5.41) is 4.90. The zero-order chi connectivity index (χ0) is 21.8. The Morgan fingerprint density at radius 2 is 1.65 bits per heavy atom. The molecule has 0 aliphatic heterocycles. The third-order valence-electron chi connectivity index (χ3n) is 4.86. The number of hydrazone groups is 1. The molecule has 6 heteroatoms. The highest BCUT2D eigenvalue weighted by Crippen LogP contribution is 2.26. The first-order valence-corrected chi connectivity index (χ1v) is 10.4. The number of nitrogens with one attached hydrogen (secondary N) is 1. The minimum absolute atomic E-state index is 0.296. The van der Waals surface area contributed by atoms with Crippen molar-refractivity contribution < 1.29 is 4.79 Å². The summed E-state index contributed by atoms with van der Waals surface area (Å²) in [6.45, 7) is 2.06. The Kier molecular flexibility index (Phi) is 6.21. The molecule has 0 aliphatic rings. The molecule has 0 saturated carbocycles. The first kappa shape index (κ1) is 20.9. The van der Waals surface area contributed by atoms with Crippen LogP contribution in [-0.4, -0.2) is 16.7 Å². The van der Waals surface area contributed by atoms with E-state index in [0.29, 0.717) is 15.6 Å². The van der Waals surface area contributed by atoms with E-state index in [1.807, 2.05) is 30.3 Å². The van der Waals surface area contributed by atoms with Gasteiger partial charge in [-0.25, -0.2) is 5.43 Å². The van der Waals surface area contributed by atoms with Crippen LogP contribution >= 0.6 is 23.2 Å². The van der Waals surface area contributed by atoms with E-state index < -0.39 is 0 Å². The van der Waals surface area contributed by atoms with Gasteiger partial charge in [0.15, 0.2) is 0 Å². The molecular weight excluding hydrogens is 429 g/mol. The Morgan fingerprint density at radius 1 is 0.903 bits per heavy atom. The molecule has 0 radical (unpaired) electrons. The summed E-state index contributed by atoms with van der Waals surface area (Å²) in [5.74, 6) is -0.296. The van der Waals surface area contributed by atoms with Crippen LogP contribution in [-0.2, 0) is 0 Å². The third kappa shape index (κ3) is 4.71. The normalized spacial score (nSPS) is 11.1. The van der Waals surface area contributed by atoms with E-state index in [9.17, 15) is 4.79 Å². The lowest BCUT2D eigenvalue weighted by atomic mass is 10.1. The maximum Gasteiger partial charge on any atom is 0.271 e. The maximum absolute atomic E-state index is 12.4. The second-order valence-corrected chi connectivity index (χ2v) is 7.80. The van der Waals surface area contributed by atoms with E-state index in [1.165, 1.54) is 6.21 Å². The summed E-state index contributed by atoms with van der Waals surface area (Å²) < 4.78 is 2.17. The van der Waals surface area contributed by atoms with Gasteiger partial charge in [0.1, 0.15) is 0 Å². The van der Waals surface area contributed by atoms with E-state index in [2.05, 4.69) is 46.3 Å². The summed E-state index contributed by atoms with van der Waals surface area (Å²) in [5.41, 5.74) is 8.11. The highest BCUT2D eigenvalue weighted by Gasteiger charge is 2.10. The number of carbonyl (C=O) groups is 1. The molecule has 1 N–H and O–H groups in total. The quantitative estimate of drug-likeness (QED) is 0.274. The van der Waals surface area contributed by atoms with Crippen molar-refractivity contribution in [1.82, 2.24) is 9.99 Å². The van der Waals surface area contributed by atoms with Crippen molar-refractivity contribution in [1.29, 1.82) is 0 Å². The molecule has 0 aliphatic carbocycles. The van der Waals surface area contributed by atoms with Gasteiger partial charge in [0, 0.05) is 16.9 Å². The number of halogens is 2. The summed E-state index contributed by atoms with van der Waals surface area (Å²) in [4.78, 5) is 12.4. The van der Waals surface area contributed by atoms with Crippen molar-refractivity contribution >= 4 is 35.3 Å². The van der Waals surface area contributed by atoms with Crippen molar-refractivity contribution in [2.24, 2.45) is 5.10 Å². The van der Waals surface area contributed by atoms with Gasteiger partial charge in [-0.2, -0.15) is 5.10 Å². The van der Waals surface area contributed by atoms with Crippen molar-refractivity contribution in [2.75, 3.05) is 0 Å². The van der Waals surface area contributed by atoms with Gasteiger partial charge in [-0.05, 0) is 66.6 Å². The van der Waals surface area contributed by atoms with E-state index in [-0.39, 0.29) is 5.91 Å². The van der Waals surface area contributed by atoms with Crippen LogP contribution in [0, 0.1) is 6.92 Å². The molecule has 0 bridgehead atoms. The number of hydrogen-bond acceptors (Lipinski definition) is 2. The number of benzene rings is 3. The lowest BCUT2D eigenvalue weighted by molar-refractivity contribution is 0.0955. The number of nitrogens with zero attached hydrogens (tertiary/aromatic N) is 2. The number of rotatable bonds is 5. The average Bonchev–Trinajstić information content (AvgIpc) is 3.18. The Bertz CT molecular complexity index is 1250. The molecule has 3 aromatic carbocycles. The predicted molar refractivity (Wildman–Crippen MR) is 127 cm³/mol. The molecule has 0 atom stereocenters. The molecule has 0 unspecified atom stereocenters. The van der Waals surface area contributed by atoms with Crippen LogP contribution < -0.4 is 5.43 Å². The molecule has 31 heavy (non-hydrogen) atoms. The summed E-state index contributed by atoms with van der Waals surface area (Å²) in [7, 11) is 0. The molecule has 4 nitrogen and oxygen atoms in total. The molecule has 1 heterocycles. The highest BCUT2D eigenvalue weighted by molar-refractivity contribution is 6.42. The van der Waals surface area contributed by atoms with Crippen LogP contribution in [0.2, 0.25) is 10.0 Å². The van der Waals surface area contributed by atoms with Crippen LogP contribution in [0.1, 0.15) is 21.6 Å². The molecule has 0 fully saturated rings. The molecule has 4 aromatic rings. The highest BCUT2D eigenvalue weighted by atomic mass is 35.5. The van der Waals surface area contributed by atoms with Crippen molar-refractivity contribution in [3.8, 4) is 16.9 Å². The fourth-order valence-electron chi connectivity index (χ4n) is 3.30. The number of aryl methyl sites for hydroxylation is 1. The zero-order valence-electron chi connectivity index (χ0n) is 16.7. The van der Waals surface area contributed by atoms with Gasteiger partial charge >= 0.3 is 0 Å². The lowest BCUT2D eigenvalue weighted by Crippen LogP contribution is -2.17. The Balaban J connectivity index is 1.50. The van der Waals surface area contributed by atoms with Gasteiger partial charge in [0.05, 0.1) is 22.0 Å². The summed E-state index contributed by atoms with van der Waals surface area (Å²) in [6.07, 6.45) is 1.52. The third-order valence-corrected chi connectivity index (χ3v) is 5.60. The standard InChI is InChI=1S/C25H19Cl2N3O/c1-17-7-14-24(19-5-3-2-4-6-19)30(17)21-11-9-20(10-12-21)25(31)29-28-16-18-8-13-22(26)23(27)15-18/h2-16H,1H3,(H,29,31)/b28-16+. The first-order valence-electron chi connectivity index (χ1n) is 9.65. The zero-order valence-corrected chi connectivity index (χ0v) is 18.2. The van der Waals surface area contributed by atoms with Gasteiger partial charge in [0.25, 0.3) is 5.91 Å². The first-order chi connectivity index (χ1) is 15.0. The summed E-state index contributed by atoms with van der Waals surface area (Å²) in [6, 6.07) is 26.9. The van der Waals surface area contributed by atoms with E-state index >= 15 is 0 Å². The van der Waals surface area contributed by atoms with E-state index in [4.69, 9.17) is 23.2 Å². The Hall–Kier alpha value is -3.34. The average molecular weight is 448 g/mol. The maximum atomic E-state index is 12.4. The minimum Gasteiger partial charge on any atom is -0.314 e. The largest absolute Gasteiger partial charge is 0.314 e. The number of aromatic nitrogens is 1. The monoisotopic (exact) mass is 447 g/mol. The number of carbonyl (C=O) groups excluding carboxylic acids is 1. The molecule has 1 aromatic heterocycles. The van der Waals surface area contributed by atoms with Gasteiger partial charge < -0.3 is 4.57 Å². The molecule has 0 spiro atoms. The Morgan fingerprint density at radius 3 is 2.35 bits per heavy atom. The van der Waals surface area contributed by atoms with Crippen LogP contribution in [0.5, 0.6) is 0 Å². The fourth-order valence-corrected chi connectivity index (χ4v) is 3.61. The van der Waals surface area contributed by atoms with Crippen LogP contribution in [0.3, 0.4) is 0 Å². The number of hydrogen-bond donors (Lipinski definition) is 1. The number of amides is 1. The van der Waals surface area contributed by atoms with Crippen molar-refractivity contribution in [3.63, 3.8) is 0 Å². The van der Waals surface area contributed by atoms with Gasteiger partial charge in [-0.1, -0.05) is 59.6 Å². The lowest BCUT2D eigenvalue weighted by Gasteiger charge is -2.12. The smallest absolute Gasteiger partial charge is 0.271 e. The van der Waals surface area contributed by atoms with Crippen molar-refractivity contribution in [2.45, 2.75) is 6.92 Å². The molecule has 1 amide bonds. The van der Waals surface area contributed by atoms with Crippen LogP contribution in [0.15, 0.2) is 90.0 Å². The van der Waals surface area contributed by atoms with Crippen LogP contribution in [0.4, 0.5) is 0 Å². The molecule has 4 rings (SSSR count). The topological polar surface area (TPSA) is 46.4 Å². The fraction of sp³-hybridized carbons (Fsp3) is 0.0400. The van der Waals surface area contributed by atoms with E-state index in [0.717, 1.165) is 28.2 Å².